The molecule has 0 spiro atoms. The molecule has 5 heteroatoms. The van der Waals surface area contributed by atoms with Gasteiger partial charge in [0.05, 0.1) is 0 Å². The number of carbonyl (C=O) groups is 2. The van der Waals surface area contributed by atoms with Crippen molar-refractivity contribution in [2.24, 2.45) is 0 Å². The van der Waals surface area contributed by atoms with Gasteiger partial charge < -0.3 is 15.0 Å². The molecule has 1 atom stereocenters. The highest BCUT2D eigenvalue weighted by Crippen LogP contribution is 2.24. The van der Waals surface area contributed by atoms with E-state index in [0.29, 0.717) is 25.3 Å². The van der Waals surface area contributed by atoms with Crippen molar-refractivity contribution in [3.8, 4) is 5.75 Å². The van der Waals surface area contributed by atoms with Crippen LogP contribution in [0.15, 0.2) is 78.9 Å². The van der Waals surface area contributed by atoms with Crippen LogP contribution in [0.25, 0.3) is 0 Å². The molecule has 0 aromatic heterocycles. The fraction of sp³-hybridized carbons (Fsp3) is 0.355. The molecular formula is C31H38N2O3. The maximum absolute atomic E-state index is 13.6. The molecule has 3 aromatic rings. The fourth-order valence-corrected chi connectivity index (χ4v) is 4.02. The molecule has 0 bridgehead atoms. The standard InChI is InChI=1S/C31H38N2O3/c1-6-32-30(35)28(20-24-10-8-7-9-11-24)33(21-25-14-12-23(2)13-15-25)29(34)22-36-27-18-16-26(17-19-27)31(3,4)5/h7-19,28H,6,20-22H2,1-5H3,(H,32,35). The van der Waals surface area contributed by atoms with E-state index in [1.54, 1.807) is 4.90 Å². The Hall–Kier alpha value is -3.60. The Labute approximate surface area is 215 Å². The maximum Gasteiger partial charge on any atom is 0.261 e. The topological polar surface area (TPSA) is 58.6 Å². The first-order chi connectivity index (χ1) is 17.2. The molecule has 1 unspecified atom stereocenters. The van der Waals surface area contributed by atoms with E-state index in [-0.39, 0.29) is 23.8 Å². The van der Waals surface area contributed by atoms with Gasteiger partial charge in [-0.3, -0.25) is 9.59 Å². The van der Waals surface area contributed by atoms with Crippen LogP contribution < -0.4 is 10.1 Å². The van der Waals surface area contributed by atoms with Crippen LogP contribution in [0.1, 0.15) is 49.9 Å². The Morgan fingerprint density at radius 2 is 1.53 bits per heavy atom. The molecule has 3 aromatic carbocycles. The summed E-state index contributed by atoms with van der Waals surface area (Å²) < 4.78 is 5.89. The number of likely N-dealkylation sites (N-methyl/N-ethyl adjacent to an activating group) is 1. The first kappa shape index (κ1) is 27.0. The van der Waals surface area contributed by atoms with Crippen molar-refractivity contribution in [3.63, 3.8) is 0 Å². The Balaban J connectivity index is 1.85. The second-order valence-electron chi connectivity index (χ2n) is 10.2. The van der Waals surface area contributed by atoms with Crippen LogP contribution >= 0.6 is 0 Å². The Bertz CT molecular complexity index is 1120. The molecule has 190 valence electrons. The van der Waals surface area contributed by atoms with Gasteiger partial charge >= 0.3 is 0 Å². The Morgan fingerprint density at radius 3 is 2.11 bits per heavy atom. The van der Waals surface area contributed by atoms with Crippen molar-refractivity contribution in [1.29, 1.82) is 0 Å². The second kappa shape index (κ2) is 12.4. The van der Waals surface area contributed by atoms with E-state index >= 15 is 0 Å². The number of nitrogens with one attached hydrogen (secondary N) is 1. The van der Waals surface area contributed by atoms with Crippen molar-refractivity contribution >= 4 is 11.8 Å². The lowest BCUT2D eigenvalue weighted by Crippen LogP contribution is -2.51. The summed E-state index contributed by atoms with van der Waals surface area (Å²) in [4.78, 5) is 28.4. The third-order valence-corrected chi connectivity index (χ3v) is 6.18. The van der Waals surface area contributed by atoms with Crippen molar-refractivity contribution in [2.45, 2.75) is 59.0 Å². The van der Waals surface area contributed by atoms with Gasteiger partial charge in [0, 0.05) is 19.5 Å². The van der Waals surface area contributed by atoms with E-state index in [4.69, 9.17) is 4.74 Å². The van der Waals surface area contributed by atoms with Gasteiger partial charge in [-0.2, -0.15) is 0 Å². The smallest absolute Gasteiger partial charge is 0.261 e. The van der Waals surface area contributed by atoms with Crippen molar-refractivity contribution in [1.82, 2.24) is 10.2 Å². The van der Waals surface area contributed by atoms with Crippen LogP contribution in [-0.2, 0) is 28.0 Å². The highest BCUT2D eigenvalue weighted by Gasteiger charge is 2.30. The summed E-state index contributed by atoms with van der Waals surface area (Å²) in [6.45, 7) is 11.0. The number of ether oxygens (including phenoxy) is 1. The van der Waals surface area contributed by atoms with Gasteiger partial charge in [0.15, 0.2) is 6.61 Å². The number of benzene rings is 3. The molecular weight excluding hydrogens is 448 g/mol. The number of hydrogen-bond acceptors (Lipinski definition) is 3. The molecule has 0 heterocycles. The molecule has 0 saturated heterocycles. The van der Waals surface area contributed by atoms with Crippen molar-refractivity contribution in [2.75, 3.05) is 13.2 Å². The van der Waals surface area contributed by atoms with Gasteiger partial charge in [0.1, 0.15) is 11.8 Å². The zero-order valence-electron chi connectivity index (χ0n) is 22.1. The lowest BCUT2D eigenvalue weighted by atomic mass is 9.87. The Morgan fingerprint density at radius 1 is 0.889 bits per heavy atom. The van der Waals surface area contributed by atoms with E-state index in [1.807, 2.05) is 92.7 Å². The minimum atomic E-state index is -0.659. The monoisotopic (exact) mass is 486 g/mol. The number of amides is 2. The molecule has 1 N–H and O–H groups in total. The lowest BCUT2D eigenvalue weighted by Gasteiger charge is -2.31. The average Bonchev–Trinajstić information content (AvgIpc) is 2.86. The van der Waals surface area contributed by atoms with Crippen LogP contribution in [0, 0.1) is 6.92 Å². The van der Waals surface area contributed by atoms with Crippen LogP contribution in [-0.4, -0.2) is 35.9 Å². The number of rotatable bonds is 10. The Kier molecular flexibility index (Phi) is 9.29. The van der Waals surface area contributed by atoms with Gasteiger partial charge in [0.2, 0.25) is 5.91 Å². The number of nitrogens with zero attached hydrogens (tertiary/aromatic N) is 1. The van der Waals surface area contributed by atoms with E-state index in [0.717, 1.165) is 16.7 Å². The summed E-state index contributed by atoms with van der Waals surface area (Å²) in [7, 11) is 0. The predicted octanol–water partition coefficient (Wildman–Crippen LogP) is 5.45. The quantitative estimate of drug-likeness (QED) is 0.415. The van der Waals surface area contributed by atoms with E-state index in [1.165, 1.54) is 5.56 Å². The number of carbonyl (C=O) groups excluding carboxylic acids is 2. The third kappa shape index (κ3) is 7.70. The first-order valence-corrected chi connectivity index (χ1v) is 12.6. The molecule has 0 saturated carbocycles. The molecule has 0 aliphatic rings. The van der Waals surface area contributed by atoms with E-state index < -0.39 is 6.04 Å². The molecule has 0 aliphatic carbocycles. The minimum absolute atomic E-state index is 0.0382. The average molecular weight is 487 g/mol. The number of hydrogen-bond donors (Lipinski definition) is 1. The van der Waals surface area contributed by atoms with Gasteiger partial charge in [0.25, 0.3) is 5.91 Å². The summed E-state index contributed by atoms with van der Waals surface area (Å²) in [6.07, 6.45) is 0.421. The first-order valence-electron chi connectivity index (χ1n) is 12.6. The highest BCUT2D eigenvalue weighted by molar-refractivity contribution is 5.88. The largest absolute Gasteiger partial charge is 0.484 e. The molecule has 0 aliphatic heterocycles. The van der Waals surface area contributed by atoms with Gasteiger partial charge in [-0.25, -0.2) is 0 Å². The number of aryl methyl sites for hydroxylation is 1. The second-order valence-corrected chi connectivity index (χ2v) is 10.2. The fourth-order valence-electron chi connectivity index (χ4n) is 4.02. The summed E-state index contributed by atoms with van der Waals surface area (Å²) in [6, 6.07) is 25.0. The van der Waals surface area contributed by atoms with Crippen molar-refractivity contribution in [3.05, 3.63) is 101 Å². The van der Waals surface area contributed by atoms with Gasteiger partial charge in [-0.05, 0) is 48.1 Å². The summed E-state index contributed by atoms with van der Waals surface area (Å²) >= 11 is 0. The minimum Gasteiger partial charge on any atom is -0.484 e. The highest BCUT2D eigenvalue weighted by atomic mass is 16.5. The van der Waals surface area contributed by atoms with Gasteiger partial charge in [-0.15, -0.1) is 0 Å². The van der Waals surface area contributed by atoms with E-state index in [9.17, 15) is 9.59 Å². The molecule has 0 fully saturated rings. The van der Waals surface area contributed by atoms with Crippen LogP contribution in [0.3, 0.4) is 0 Å². The zero-order chi connectivity index (χ0) is 26.1. The van der Waals surface area contributed by atoms with Crippen molar-refractivity contribution < 1.29 is 14.3 Å². The molecule has 0 radical (unpaired) electrons. The molecule has 2 amide bonds. The summed E-state index contributed by atoms with van der Waals surface area (Å²) in [5, 5.41) is 2.92. The van der Waals surface area contributed by atoms with Crippen LogP contribution in [0.2, 0.25) is 0 Å². The lowest BCUT2D eigenvalue weighted by molar-refractivity contribution is -0.142. The van der Waals surface area contributed by atoms with Crippen LogP contribution in [0.5, 0.6) is 5.75 Å². The van der Waals surface area contributed by atoms with E-state index in [2.05, 4.69) is 26.1 Å². The molecule has 3 rings (SSSR count). The molecule has 5 nitrogen and oxygen atoms in total. The predicted molar refractivity (Wildman–Crippen MR) is 145 cm³/mol. The zero-order valence-corrected chi connectivity index (χ0v) is 22.1. The van der Waals surface area contributed by atoms with Gasteiger partial charge in [-0.1, -0.05) is 93.1 Å². The molecule has 36 heavy (non-hydrogen) atoms. The third-order valence-electron chi connectivity index (χ3n) is 6.18. The summed E-state index contributed by atoms with van der Waals surface area (Å²) in [5.74, 6) is 0.225. The van der Waals surface area contributed by atoms with Crippen LogP contribution in [0.4, 0.5) is 0 Å². The SMILES string of the molecule is CCNC(=O)C(Cc1ccccc1)N(Cc1ccc(C)cc1)C(=O)COc1ccc(C(C)(C)C)cc1. The summed E-state index contributed by atoms with van der Waals surface area (Å²) in [5.41, 5.74) is 4.33. The maximum atomic E-state index is 13.6. The normalized spacial score (nSPS) is 12.0.